The number of carbonyl (C=O) groups excluding carboxylic acids is 1. The topological polar surface area (TPSA) is 327 Å². The molecule has 0 heterocycles. The van der Waals surface area contributed by atoms with Gasteiger partial charge in [0, 0.05) is 18.5 Å². The van der Waals surface area contributed by atoms with Crippen molar-refractivity contribution in [3.8, 4) is 0 Å². The summed E-state index contributed by atoms with van der Waals surface area (Å²) in [6.07, 6.45) is -1.92. The molecule has 0 aromatic rings. The van der Waals surface area contributed by atoms with Crippen LogP contribution in [0.2, 0.25) is 0 Å². The maximum absolute atomic E-state index is 12.9. The molecule has 5 aliphatic carbocycles. The van der Waals surface area contributed by atoms with Gasteiger partial charge in [0.1, 0.15) is 42.7 Å². The lowest BCUT2D eigenvalue weighted by Crippen LogP contribution is -2.67. The molecule has 0 bridgehead atoms. The number of ether oxygens (including phenoxy) is 1. The summed E-state index contributed by atoms with van der Waals surface area (Å²) in [5, 5.41) is 115. The third kappa shape index (κ3) is 11.8. The number of likely N-dealkylation sites (N-methyl/N-ethyl adjacent to an activating group) is 2. The molecule has 0 spiro atoms. The summed E-state index contributed by atoms with van der Waals surface area (Å²) in [4.78, 5) is 37.5. The van der Waals surface area contributed by atoms with Crippen LogP contribution in [0.25, 0.3) is 0 Å². The summed E-state index contributed by atoms with van der Waals surface area (Å²) in [5.41, 5.74) is -0.477. The number of hydrogen-bond donors (Lipinski definition) is 14. The van der Waals surface area contributed by atoms with Gasteiger partial charge in [-0.1, -0.05) is 46.8 Å². The van der Waals surface area contributed by atoms with Crippen LogP contribution >= 0.6 is 0 Å². The van der Waals surface area contributed by atoms with Crippen LogP contribution in [0.5, 0.6) is 0 Å². The van der Waals surface area contributed by atoms with Crippen molar-refractivity contribution >= 4 is 17.9 Å². The molecule has 18 atom stereocenters. The van der Waals surface area contributed by atoms with Crippen LogP contribution in [0.3, 0.4) is 0 Å². The van der Waals surface area contributed by atoms with Crippen molar-refractivity contribution in [2.45, 2.75) is 181 Å². The van der Waals surface area contributed by atoms with Crippen molar-refractivity contribution in [2.75, 3.05) is 40.4 Å². The maximum atomic E-state index is 12.9. The summed E-state index contributed by atoms with van der Waals surface area (Å²) in [6, 6.07) is 0. The van der Waals surface area contributed by atoms with Gasteiger partial charge >= 0.3 is 17.9 Å². The van der Waals surface area contributed by atoms with Gasteiger partial charge in [-0.25, -0.2) is 0 Å². The number of aliphatic hydroxyl groups excluding tert-OH is 10. The number of hydrogen-bond acceptors (Lipinski definition) is 16. The van der Waals surface area contributed by atoms with E-state index in [2.05, 4.69) is 58.8 Å². The van der Waals surface area contributed by atoms with Crippen LogP contribution in [0.15, 0.2) is 12.2 Å². The molecule has 5 rings (SSSR count). The first-order chi connectivity index (χ1) is 31.4. The van der Waals surface area contributed by atoms with Crippen LogP contribution in [0, 0.1) is 62.1 Å². The third-order valence-corrected chi connectivity index (χ3v) is 18.3. The molecule has 18 nitrogen and oxygen atoms in total. The molecule has 5 aliphatic rings. The van der Waals surface area contributed by atoms with Gasteiger partial charge in [-0.05, 0) is 145 Å². The Morgan fingerprint density at radius 3 is 1.60 bits per heavy atom. The van der Waals surface area contributed by atoms with Gasteiger partial charge in [0.15, 0.2) is 0 Å². The first kappa shape index (κ1) is 60.0. The highest BCUT2D eigenvalue weighted by atomic mass is 16.5. The second-order valence-electron chi connectivity index (χ2n) is 23.1. The van der Waals surface area contributed by atoms with Crippen LogP contribution in [-0.2, 0) is 19.1 Å². The van der Waals surface area contributed by atoms with E-state index in [1.165, 1.54) is 0 Å². The van der Waals surface area contributed by atoms with E-state index in [0.29, 0.717) is 23.7 Å². The SMILES string of the molecule is C=C(C)[C@@H]1CC[C@]2(C(=O)O)CC[C@]3(C)[C@H](CC[C@@H]4[C@@]5(C)CC[C@H](OC(=O)CC(C)(C)C(=O)O)C(C)(C)[C@@H]5CC[C@]43C)[C@@H]12.CNC[C@H](O)[C@@H](O)[C@H](O)[C@H](O)CO.CNC[C@H](O)[C@@H](O)[C@H](O)[C@H](O)CO. The lowest BCUT2D eigenvalue weighted by atomic mass is 9.32. The number of rotatable bonds is 18. The fourth-order valence-electron chi connectivity index (χ4n) is 14.1. The first-order valence-corrected chi connectivity index (χ1v) is 24.6. The first-order valence-electron chi connectivity index (χ1n) is 24.6. The molecule has 0 aliphatic heterocycles. The zero-order valence-electron chi connectivity index (χ0n) is 42.4. The summed E-state index contributed by atoms with van der Waals surface area (Å²) in [5.74, 6) is -0.165. The predicted octanol–water partition coefficient (Wildman–Crippen LogP) is 1.42. The van der Waals surface area contributed by atoms with Crippen molar-refractivity contribution in [3.63, 3.8) is 0 Å². The minimum Gasteiger partial charge on any atom is -0.481 e. The van der Waals surface area contributed by atoms with Gasteiger partial charge in [-0.15, -0.1) is 0 Å². The highest BCUT2D eigenvalue weighted by molar-refractivity contribution is 5.81. The second kappa shape index (κ2) is 23.5. The van der Waals surface area contributed by atoms with E-state index in [-0.39, 0.29) is 53.2 Å². The number of carbonyl (C=O) groups is 3. The number of carboxylic acids is 2. The molecule has 0 aromatic heterocycles. The number of allylic oxidation sites excluding steroid dienone is 1. The lowest BCUT2D eigenvalue weighted by Gasteiger charge is -2.72. The van der Waals surface area contributed by atoms with Gasteiger partial charge in [0.05, 0.1) is 42.7 Å². The molecule has 68 heavy (non-hydrogen) atoms. The molecule has 0 unspecified atom stereocenters. The van der Waals surface area contributed by atoms with Crippen molar-refractivity contribution in [2.24, 2.45) is 62.1 Å². The normalized spacial score (nSPS) is 36.3. The molecule has 5 saturated carbocycles. The van der Waals surface area contributed by atoms with Gasteiger partial charge in [0.25, 0.3) is 0 Å². The summed E-state index contributed by atoms with van der Waals surface area (Å²) in [6.45, 7) is 20.6. The Bertz CT molecular complexity index is 1670. The standard InChI is InChI=1S/C36H56O6.2C7H17NO5/c1-21(2)22-12-17-36(30(40)41)19-18-34(8)23(28(22)36)10-11-25-33(7)15-14-26(42-27(37)20-31(3,4)29(38)39)32(5,6)24(33)13-16-35(25,34)9;2*1-8-2-4(10)6(12)7(13)5(11)3-9/h22-26,28H,1,10-20H2,2-9H3,(H,38,39)(H,40,41);2*4-13H,2-3H2,1H3/t22-,23+,24-,25+,26-,28+,33-,34+,35+,36-;2*4-,5+,6+,7+/m000/s1. The number of aliphatic hydroxyl groups is 10. The number of aliphatic carboxylic acids is 2. The zero-order valence-corrected chi connectivity index (χ0v) is 42.4. The molecule has 14 N–H and O–H groups in total. The molecule has 0 amide bonds. The van der Waals surface area contributed by atoms with Gasteiger partial charge in [-0.3, -0.25) is 14.4 Å². The predicted molar refractivity (Wildman–Crippen MR) is 253 cm³/mol. The van der Waals surface area contributed by atoms with Crippen molar-refractivity contribution < 1.29 is 80.4 Å². The Morgan fingerprint density at radius 2 is 1.16 bits per heavy atom. The van der Waals surface area contributed by atoms with E-state index in [1.54, 1.807) is 27.9 Å². The Kier molecular flexibility index (Phi) is 20.7. The average molecular weight is 975 g/mol. The number of carboxylic acid groups (broad SMARTS) is 2. The molecular formula is C50H90N2O16. The van der Waals surface area contributed by atoms with E-state index in [9.17, 15) is 34.8 Å². The van der Waals surface area contributed by atoms with E-state index in [0.717, 1.165) is 69.8 Å². The second-order valence-corrected chi connectivity index (χ2v) is 23.1. The van der Waals surface area contributed by atoms with E-state index in [4.69, 9.17) is 45.6 Å². The third-order valence-electron chi connectivity index (χ3n) is 18.3. The van der Waals surface area contributed by atoms with Crippen LogP contribution in [0.1, 0.15) is 126 Å². The van der Waals surface area contributed by atoms with Crippen LogP contribution in [-0.4, -0.2) is 175 Å². The Labute approximate surface area is 403 Å². The molecule has 0 saturated heterocycles. The minimum atomic E-state index is -1.55. The molecule has 0 aromatic carbocycles. The van der Waals surface area contributed by atoms with Crippen molar-refractivity contribution in [1.82, 2.24) is 10.6 Å². The summed E-state index contributed by atoms with van der Waals surface area (Å²) in [7, 11) is 3.15. The van der Waals surface area contributed by atoms with E-state index < -0.39 is 90.8 Å². The number of nitrogens with one attached hydrogen (secondary N) is 2. The van der Waals surface area contributed by atoms with Gasteiger partial charge < -0.3 is 76.6 Å². The molecule has 0 radical (unpaired) electrons. The van der Waals surface area contributed by atoms with Crippen molar-refractivity contribution in [3.05, 3.63) is 12.2 Å². The van der Waals surface area contributed by atoms with E-state index >= 15 is 0 Å². The zero-order chi connectivity index (χ0) is 52.1. The Morgan fingerprint density at radius 1 is 0.662 bits per heavy atom. The maximum Gasteiger partial charge on any atom is 0.309 e. The monoisotopic (exact) mass is 975 g/mol. The number of fused-ring (bicyclic) bond motifs is 7. The Hall–Kier alpha value is -2.33. The molecule has 5 fully saturated rings. The Balaban J connectivity index is 0.000000386. The summed E-state index contributed by atoms with van der Waals surface area (Å²) < 4.78 is 6.10. The van der Waals surface area contributed by atoms with E-state index in [1.807, 2.05) is 0 Å². The van der Waals surface area contributed by atoms with Gasteiger partial charge in [0.2, 0.25) is 0 Å². The highest BCUT2D eigenvalue weighted by Gasteiger charge is 2.72. The summed E-state index contributed by atoms with van der Waals surface area (Å²) >= 11 is 0. The molecule has 396 valence electrons. The number of esters is 1. The highest BCUT2D eigenvalue weighted by Crippen LogP contribution is 2.77. The molecule has 18 heteroatoms. The fourth-order valence-corrected chi connectivity index (χ4v) is 14.1. The largest absolute Gasteiger partial charge is 0.481 e. The average Bonchev–Trinajstić information content (AvgIpc) is 3.68. The fraction of sp³-hybridized carbons (Fsp3) is 0.900. The lowest BCUT2D eigenvalue weighted by molar-refractivity contribution is -0.250. The van der Waals surface area contributed by atoms with Crippen molar-refractivity contribution in [1.29, 1.82) is 0 Å². The van der Waals surface area contributed by atoms with Crippen LogP contribution in [0.4, 0.5) is 0 Å². The molecular weight excluding hydrogens is 885 g/mol. The smallest absolute Gasteiger partial charge is 0.309 e. The quantitative estimate of drug-likeness (QED) is 0.0682. The van der Waals surface area contributed by atoms with Gasteiger partial charge in [-0.2, -0.15) is 0 Å². The minimum absolute atomic E-state index is 0.0847. The van der Waals surface area contributed by atoms with Crippen LogP contribution < -0.4 is 10.6 Å².